The summed E-state index contributed by atoms with van der Waals surface area (Å²) >= 11 is 0. The summed E-state index contributed by atoms with van der Waals surface area (Å²) in [5.41, 5.74) is 8.53. The standard InChI is InChI=1S/C14H19N5/c1-18(10-8-13-7-9-17-19(13)2)12-5-3-11(4-6-12)14(15)16/h3-7,9H,8,10H2,1-2H3,(H3,15,16). The molecule has 0 atom stereocenters. The molecule has 0 saturated heterocycles. The highest BCUT2D eigenvalue weighted by Gasteiger charge is 2.04. The lowest BCUT2D eigenvalue weighted by molar-refractivity contribution is 0.699. The first-order valence-electron chi connectivity index (χ1n) is 6.20. The van der Waals surface area contributed by atoms with E-state index in [0.717, 1.165) is 24.2 Å². The summed E-state index contributed by atoms with van der Waals surface area (Å²) in [7, 11) is 4.01. The summed E-state index contributed by atoms with van der Waals surface area (Å²) in [6, 6.07) is 9.75. The second-order valence-electron chi connectivity index (χ2n) is 4.58. The highest BCUT2D eigenvalue weighted by molar-refractivity contribution is 5.95. The zero-order valence-corrected chi connectivity index (χ0v) is 11.3. The fourth-order valence-corrected chi connectivity index (χ4v) is 1.95. The maximum Gasteiger partial charge on any atom is 0.122 e. The highest BCUT2D eigenvalue weighted by atomic mass is 15.3. The minimum absolute atomic E-state index is 0.101. The van der Waals surface area contributed by atoms with E-state index in [1.54, 1.807) is 0 Å². The molecule has 0 aliphatic heterocycles. The first-order valence-corrected chi connectivity index (χ1v) is 6.20. The Hall–Kier alpha value is -2.30. The number of anilines is 1. The summed E-state index contributed by atoms with van der Waals surface area (Å²) in [5.74, 6) is 0.101. The molecule has 0 radical (unpaired) electrons. The monoisotopic (exact) mass is 257 g/mol. The van der Waals surface area contributed by atoms with Crippen molar-refractivity contribution in [3.05, 3.63) is 47.8 Å². The van der Waals surface area contributed by atoms with Gasteiger partial charge in [-0.1, -0.05) is 0 Å². The lowest BCUT2D eigenvalue weighted by atomic mass is 10.2. The van der Waals surface area contributed by atoms with Crippen LogP contribution in [0.3, 0.4) is 0 Å². The van der Waals surface area contributed by atoms with Crippen molar-refractivity contribution in [1.82, 2.24) is 9.78 Å². The van der Waals surface area contributed by atoms with Crippen LogP contribution in [0.25, 0.3) is 0 Å². The van der Waals surface area contributed by atoms with E-state index in [-0.39, 0.29) is 5.84 Å². The number of hydrogen-bond donors (Lipinski definition) is 2. The summed E-state index contributed by atoms with van der Waals surface area (Å²) < 4.78 is 1.90. The lowest BCUT2D eigenvalue weighted by Crippen LogP contribution is -2.21. The van der Waals surface area contributed by atoms with Crippen LogP contribution in [0.1, 0.15) is 11.3 Å². The van der Waals surface area contributed by atoms with Crippen LogP contribution in [0.4, 0.5) is 5.69 Å². The number of aromatic nitrogens is 2. The molecule has 0 bridgehead atoms. The topological polar surface area (TPSA) is 70.9 Å². The molecule has 0 aliphatic rings. The Labute approximate surface area is 113 Å². The molecular formula is C14H19N5. The van der Waals surface area contributed by atoms with Crippen molar-refractivity contribution in [2.24, 2.45) is 12.8 Å². The average molecular weight is 257 g/mol. The normalized spacial score (nSPS) is 10.4. The number of nitrogen functional groups attached to an aromatic ring is 1. The maximum absolute atomic E-state index is 7.37. The van der Waals surface area contributed by atoms with Crippen LogP contribution in [0.5, 0.6) is 0 Å². The van der Waals surface area contributed by atoms with Crippen molar-refractivity contribution in [2.45, 2.75) is 6.42 Å². The molecule has 1 aromatic carbocycles. The molecule has 5 heteroatoms. The molecule has 0 saturated carbocycles. The molecule has 1 aromatic heterocycles. The number of benzene rings is 1. The molecule has 2 rings (SSSR count). The molecular weight excluding hydrogens is 238 g/mol. The Morgan fingerprint density at radius 2 is 2.00 bits per heavy atom. The molecule has 0 fully saturated rings. The van der Waals surface area contributed by atoms with E-state index < -0.39 is 0 Å². The Morgan fingerprint density at radius 1 is 1.32 bits per heavy atom. The van der Waals surface area contributed by atoms with Crippen molar-refractivity contribution in [3.63, 3.8) is 0 Å². The van der Waals surface area contributed by atoms with E-state index in [1.165, 1.54) is 5.69 Å². The van der Waals surface area contributed by atoms with Gasteiger partial charge in [0, 0.05) is 50.2 Å². The first-order chi connectivity index (χ1) is 9.08. The number of aryl methyl sites for hydroxylation is 1. The third kappa shape index (κ3) is 3.13. The van der Waals surface area contributed by atoms with Crippen molar-refractivity contribution in [1.29, 1.82) is 5.41 Å². The lowest BCUT2D eigenvalue weighted by Gasteiger charge is -2.19. The Kier molecular flexibility index (Phi) is 3.85. The van der Waals surface area contributed by atoms with Gasteiger partial charge in [0.1, 0.15) is 5.84 Å². The summed E-state index contributed by atoms with van der Waals surface area (Å²) in [4.78, 5) is 2.18. The number of nitrogens with zero attached hydrogens (tertiary/aromatic N) is 3. The van der Waals surface area contributed by atoms with Gasteiger partial charge in [-0.25, -0.2) is 0 Å². The number of nitrogens with two attached hydrogens (primary N) is 1. The van der Waals surface area contributed by atoms with Crippen molar-refractivity contribution >= 4 is 11.5 Å². The van der Waals surface area contributed by atoms with Crippen LogP contribution in [0.2, 0.25) is 0 Å². The maximum atomic E-state index is 7.37. The van der Waals surface area contributed by atoms with Crippen LogP contribution in [0.15, 0.2) is 36.5 Å². The highest BCUT2D eigenvalue weighted by Crippen LogP contribution is 2.14. The molecule has 100 valence electrons. The summed E-state index contributed by atoms with van der Waals surface area (Å²) in [5, 5.41) is 11.5. The number of nitrogens with one attached hydrogen (secondary N) is 1. The van der Waals surface area contributed by atoms with E-state index in [9.17, 15) is 0 Å². The predicted octanol–water partition coefficient (Wildman–Crippen LogP) is 1.38. The van der Waals surface area contributed by atoms with E-state index in [1.807, 2.05) is 48.3 Å². The summed E-state index contributed by atoms with van der Waals surface area (Å²) in [6.45, 7) is 0.916. The minimum atomic E-state index is 0.101. The van der Waals surface area contributed by atoms with Crippen LogP contribution in [0, 0.1) is 5.41 Å². The fourth-order valence-electron chi connectivity index (χ4n) is 1.95. The van der Waals surface area contributed by atoms with Crippen molar-refractivity contribution < 1.29 is 0 Å². The number of likely N-dealkylation sites (N-methyl/N-ethyl adjacent to an activating group) is 1. The quantitative estimate of drug-likeness (QED) is 0.628. The fraction of sp³-hybridized carbons (Fsp3) is 0.286. The van der Waals surface area contributed by atoms with Crippen LogP contribution < -0.4 is 10.6 Å². The van der Waals surface area contributed by atoms with Gasteiger partial charge in [0.25, 0.3) is 0 Å². The molecule has 5 nitrogen and oxygen atoms in total. The SMILES string of the molecule is CN(CCc1ccnn1C)c1ccc(C(=N)N)cc1. The molecule has 0 aliphatic carbocycles. The Balaban J connectivity index is 1.98. The molecule has 0 spiro atoms. The zero-order chi connectivity index (χ0) is 13.8. The molecule has 1 heterocycles. The van der Waals surface area contributed by atoms with E-state index in [2.05, 4.69) is 17.0 Å². The van der Waals surface area contributed by atoms with Crippen LogP contribution in [-0.4, -0.2) is 29.2 Å². The van der Waals surface area contributed by atoms with Crippen molar-refractivity contribution in [3.8, 4) is 0 Å². The molecule has 19 heavy (non-hydrogen) atoms. The van der Waals surface area contributed by atoms with Crippen molar-refractivity contribution in [2.75, 3.05) is 18.5 Å². The van der Waals surface area contributed by atoms with Crippen LogP contribution >= 0.6 is 0 Å². The van der Waals surface area contributed by atoms with Gasteiger partial charge in [-0.05, 0) is 30.3 Å². The Morgan fingerprint density at radius 3 is 2.53 bits per heavy atom. The van der Waals surface area contributed by atoms with Gasteiger partial charge in [0.2, 0.25) is 0 Å². The van der Waals surface area contributed by atoms with Gasteiger partial charge < -0.3 is 10.6 Å². The number of rotatable bonds is 5. The smallest absolute Gasteiger partial charge is 0.122 e. The molecule has 0 amide bonds. The molecule has 2 aromatic rings. The van der Waals surface area contributed by atoms with E-state index in [4.69, 9.17) is 11.1 Å². The zero-order valence-electron chi connectivity index (χ0n) is 11.3. The molecule has 3 N–H and O–H groups in total. The van der Waals surface area contributed by atoms with E-state index >= 15 is 0 Å². The van der Waals surface area contributed by atoms with Gasteiger partial charge in [0.05, 0.1) is 0 Å². The Bertz CT molecular complexity index is 555. The van der Waals surface area contributed by atoms with Crippen LogP contribution in [-0.2, 0) is 13.5 Å². The third-order valence-corrected chi connectivity index (χ3v) is 3.24. The second kappa shape index (κ2) is 5.56. The largest absolute Gasteiger partial charge is 0.384 e. The van der Waals surface area contributed by atoms with Gasteiger partial charge in [0.15, 0.2) is 0 Å². The van der Waals surface area contributed by atoms with Gasteiger partial charge >= 0.3 is 0 Å². The number of amidine groups is 1. The number of hydrogen-bond acceptors (Lipinski definition) is 3. The predicted molar refractivity (Wildman–Crippen MR) is 77.6 cm³/mol. The van der Waals surface area contributed by atoms with Gasteiger partial charge in [-0.2, -0.15) is 5.10 Å². The van der Waals surface area contributed by atoms with E-state index in [0.29, 0.717) is 0 Å². The summed E-state index contributed by atoms with van der Waals surface area (Å²) in [6.07, 6.45) is 2.76. The minimum Gasteiger partial charge on any atom is -0.384 e. The first kappa shape index (κ1) is 13.1. The van der Waals surface area contributed by atoms with Gasteiger partial charge in [-0.15, -0.1) is 0 Å². The average Bonchev–Trinajstić information content (AvgIpc) is 2.81. The third-order valence-electron chi connectivity index (χ3n) is 3.24. The van der Waals surface area contributed by atoms with Gasteiger partial charge in [-0.3, -0.25) is 10.1 Å². The molecule has 0 unspecified atom stereocenters. The second-order valence-corrected chi connectivity index (χ2v) is 4.58.